The highest BCUT2D eigenvalue weighted by Gasteiger charge is 2.54. The number of hydrogen-bond donors (Lipinski definition) is 1. The second kappa shape index (κ2) is 5.05. The number of amides is 4. The molecule has 0 aromatic heterocycles. The van der Waals surface area contributed by atoms with Crippen LogP contribution in [0.15, 0.2) is 0 Å². The third-order valence-corrected chi connectivity index (χ3v) is 4.49. The van der Waals surface area contributed by atoms with Gasteiger partial charge in [0, 0.05) is 13.1 Å². The Morgan fingerprint density at radius 2 is 1.85 bits per heavy atom. The first-order valence-electron chi connectivity index (χ1n) is 7.12. The van der Waals surface area contributed by atoms with Gasteiger partial charge in [0.05, 0.1) is 13.2 Å². The van der Waals surface area contributed by atoms with Gasteiger partial charge in [-0.2, -0.15) is 0 Å². The molecule has 110 valence electrons. The zero-order chi connectivity index (χ0) is 14.2. The monoisotopic (exact) mass is 281 g/mol. The van der Waals surface area contributed by atoms with Crippen LogP contribution in [-0.2, 0) is 14.3 Å². The Balaban J connectivity index is 1.73. The number of carbonyl (C=O) groups is 3. The van der Waals surface area contributed by atoms with Crippen LogP contribution in [0.25, 0.3) is 0 Å². The summed E-state index contributed by atoms with van der Waals surface area (Å²) in [6, 6.07) is -0.432. The zero-order valence-electron chi connectivity index (χ0n) is 11.4. The minimum atomic E-state index is -0.779. The minimum Gasteiger partial charge on any atom is -0.378 e. The van der Waals surface area contributed by atoms with E-state index in [0.717, 1.165) is 12.8 Å². The van der Waals surface area contributed by atoms with E-state index in [0.29, 0.717) is 39.1 Å². The first-order chi connectivity index (χ1) is 9.63. The molecule has 3 fully saturated rings. The highest BCUT2D eigenvalue weighted by Crippen LogP contribution is 2.38. The van der Waals surface area contributed by atoms with Crippen molar-refractivity contribution < 1.29 is 19.1 Å². The maximum atomic E-state index is 12.3. The molecule has 2 heterocycles. The van der Waals surface area contributed by atoms with Gasteiger partial charge < -0.3 is 14.5 Å². The Kier molecular flexibility index (Phi) is 3.37. The van der Waals surface area contributed by atoms with E-state index in [1.807, 2.05) is 0 Å². The predicted octanol–water partition coefficient (Wildman–Crippen LogP) is -0.290. The Morgan fingerprint density at radius 3 is 2.50 bits per heavy atom. The first-order valence-corrected chi connectivity index (χ1v) is 7.12. The van der Waals surface area contributed by atoms with Crippen LogP contribution in [0.4, 0.5) is 4.79 Å². The zero-order valence-corrected chi connectivity index (χ0v) is 11.4. The maximum absolute atomic E-state index is 12.3. The Hall–Kier alpha value is -1.63. The molecule has 7 heteroatoms. The molecule has 1 aliphatic carbocycles. The van der Waals surface area contributed by atoms with Crippen LogP contribution in [0.2, 0.25) is 0 Å². The molecule has 0 unspecified atom stereocenters. The number of imide groups is 1. The summed E-state index contributed by atoms with van der Waals surface area (Å²) in [6.07, 6.45) is 3.15. The third kappa shape index (κ3) is 2.06. The van der Waals surface area contributed by atoms with Crippen LogP contribution < -0.4 is 5.32 Å². The number of nitrogens with zero attached hydrogens (tertiary/aromatic N) is 2. The maximum Gasteiger partial charge on any atom is 0.325 e. The average Bonchev–Trinajstić information content (AvgIpc) is 3.03. The molecule has 0 radical (unpaired) electrons. The van der Waals surface area contributed by atoms with E-state index in [-0.39, 0.29) is 18.4 Å². The topological polar surface area (TPSA) is 79.0 Å². The van der Waals surface area contributed by atoms with Crippen molar-refractivity contribution in [1.29, 1.82) is 0 Å². The number of morpholine rings is 1. The molecule has 0 aromatic rings. The molecule has 7 nitrogen and oxygen atoms in total. The van der Waals surface area contributed by atoms with Gasteiger partial charge >= 0.3 is 6.03 Å². The highest BCUT2D eigenvalue weighted by atomic mass is 16.5. The second-order valence-corrected chi connectivity index (χ2v) is 5.58. The summed E-state index contributed by atoms with van der Waals surface area (Å²) < 4.78 is 5.21. The second-order valence-electron chi connectivity index (χ2n) is 5.58. The molecule has 20 heavy (non-hydrogen) atoms. The molecule has 1 saturated carbocycles. The van der Waals surface area contributed by atoms with E-state index in [9.17, 15) is 14.4 Å². The lowest BCUT2D eigenvalue weighted by atomic mass is 9.96. The van der Waals surface area contributed by atoms with Crippen LogP contribution in [0.1, 0.15) is 25.7 Å². The Bertz CT molecular complexity index is 439. The standard InChI is InChI=1S/C13H19N3O4/c17-10(15-5-7-20-8-6-15)9-16-12(19)14-11(18)13(16)3-1-2-4-13/h1-9H2,(H,14,18,19). The molecule has 4 amide bonds. The molecular weight excluding hydrogens is 262 g/mol. The van der Waals surface area contributed by atoms with Crippen molar-refractivity contribution in [3.8, 4) is 0 Å². The molecule has 3 rings (SSSR count). The molecule has 2 aliphatic heterocycles. The number of carbonyl (C=O) groups excluding carboxylic acids is 3. The molecule has 1 N–H and O–H groups in total. The molecule has 0 bridgehead atoms. The van der Waals surface area contributed by atoms with E-state index < -0.39 is 11.6 Å². The molecular formula is C13H19N3O4. The summed E-state index contributed by atoms with van der Waals surface area (Å²) in [7, 11) is 0. The number of urea groups is 1. The number of hydrogen-bond acceptors (Lipinski definition) is 4. The van der Waals surface area contributed by atoms with E-state index in [4.69, 9.17) is 4.74 Å². The average molecular weight is 281 g/mol. The van der Waals surface area contributed by atoms with Crippen molar-refractivity contribution in [3.05, 3.63) is 0 Å². The van der Waals surface area contributed by atoms with Gasteiger partial charge in [0.15, 0.2) is 0 Å². The van der Waals surface area contributed by atoms with Crippen molar-refractivity contribution in [2.75, 3.05) is 32.8 Å². The lowest BCUT2D eigenvalue weighted by Crippen LogP contribution is -2.53. The van der Waals surface area contributed by atoms with Gasteiger partial charge in [-0.1, -0.05) is 12.8 Å². The molecule has 2 saturated heterocycles. The normalized spacial score (nSPS) is 25.4. The van der Waals surface area contributed by atoms with Gasteiger partial charge in [0.1, 0.15) is 12.1 Å². The highest BCUT2D eigenvalue weighted by molar-refractivity contribution is 6.08. The van der Waals surface area contributed by atoms with Crippen molar-refractivity contribution >= 4 is 17.8 Å². The SMILES string of the molecule is O=C(CN1C(=O)NC(=O)C12CCCC2)N1CCOCC1. The van der Waals surface area contributed by atoms with E-state index in [1.165, 1.54) is 4.90 Å². The summed E-state index contributed by atoms with van der Waals surface area (Å²) in [5, 5.41) is 2.36. The molecule has 0 atom stereocenters. The number of ether oxygens (including phenoxy) is 1. The Labute approximate surface area is 117 Å². The summed E-state index contributed by atoms with van der Waals surface area (Å²) in [4.78, 5) is 39.4. The minimum absolute atomic E-state index is 0.0163. The fourth-order valence-corrected chi connectivity index (χ4v) is 3.33. The van der Waals surface area contributed by atoms with Crippen LogP contribution in [0, 0.1) is 0 Å². The first kappa shape index (κ1) is 13.4. The van der Waals surface area contributed by atoms with Gasteiger partial charge in [-0.15, -0.1) is 0 Å². The van der Waals surface area contributed by atoms with Crippen LogP contribution in [0.3, 0.4) is 0 Å². The van der Waals surface area contributed by atoms with Crippen molar-refractivity contribution in [3.63, 3.8) is 0 Å². The summed E-state index contributed by atoms with van der Waals surface area (Å²) in [5.41, 5.74) is -0.779. The van der Waals surface area contributed by atoms with Crippen LogP contribution in [0.5, 0.6) is 0 Å². The molecule has 3 aliphatic rings. The number of rotatable bonds is 2. The largest absolute Gasteiger partial charge is 0.378 e. The summed E-state index contributed by atoms with van der Waals surface area (Å²) >= 11 is 0. The fraction of sp³-hybridized carbons (Fsp3) is 0.769. The predicted molar refractivity (Wildman–Crippen MR) is 68.8 cm³/mol. The van der Waals surface area contributed by atoms with Crippen LogP contribution >= 0.6 is 0 Å². The van der Waals surface area contributed by atoms with Gasteiger partial charge in [0.2, 0.25) is 5.91 Å². The van der Waals surface area contributed by atoms with E-state index in [1.54, 1.807) is 4.90 Å². The van der Waals surface area contributed by atoms with Gasteiger partial charge in [-0.25, -0.2) is 4.79 Å². The van der Waals surface area contributed by atoms with Crippen molar-refractivity contribution in [2.45, 2.75) is 31.2 Å². The van der Waals surface area contributed by atoms with Gasteiger partial charge in [-0.3, -0.25) is 14.9 Å². The summed E-state index contributed by atoms with van der Waals surface area (Å²) in [5.74, 6) is -0.348. The lowest BCUT2D eigenvalue weighted by Gasteiger charge is -2.34. The third-order valence-electron chi connectivity index (χ3n) is 4.49. The molecule has 0 aromatic carbocycles. The molecule has 1 spiro atoms. The van der Waals surface area contributed by atoms with Crippen LogP contribution in [-0.4, -0.2) is 66.0 Å². The van der Waals surface area contributed by atoms with E-state index in [2.05, 4.69) is 5.32 Å². The van der Waals surface area contributed by atoms with Gasteiger partial charge in [0.25, 0.3) is 5.91 Å². The Morgan fingerprint density at radius 1 is 1.20 bits per heavy atom. The summed E-state index contributed by atoms with van der Waals surface area (Å²) in [6.45, 7) is 2.14. The van der Waals surface area contributed by atoms with E-state index >= 15 is 0 Å². The van der Waals surface area contributed by atoms with Crippen molar-refractivity contribution in [1.82, 2.24) is 15.1 Å². The lowest BCUT2D eigenvalue weighted by molar-refractivity contribution is -0.137. The number of nitrogens with one attached hydrogen (secondary N) is 1. The smallest absolute Gasteiger partial charge is 0.325 e. The fourth-order valence-electron chi connectivity index (χ4n) is 3.33. The van der Waals surface area contributed by atoms with Crippen molar-refractivity contribution in [2.24, 2.45) is 0 Å². The quantitative estimate of drug-likeness (QED) is 0.705. The van der Waals surface area contributed by atoms with Gasteiger partial charge in [-0.05, 0) is 12.8 Å².